The molecule has 0 heterocycles. The van der Waals surface area contributed by atoms with Gasteiger partial charge in [-0.05, 0) is 38.2 Å². The van der Waals surface area contributed by atoms with Crippen LogP contribution in [0.15, 0.2) is 18.2 Å². The Hall–Kier alpha value is -0.820. The molecule has 2 N–H and O–H groups in total. The highest BCUT2D eigenvalue weighted by atomic mass is 14.6. The maximum atomic E-state index is 6.29. The minimum Gasteiger partial charge on any atom is -0.327 e. The maximum Gasteiger partial charge on any atom is 0.0105 e. The van der Waals surface area contributed by atoms with Gasteiger partial charge in [0.25, 0.3) is 0 Å². The van der Waals surface area contributed by atoms with Crippen LogP contribution in [0.3, 0.4) is 0 Å². The molecule has 1 aromatic carbocycles. The largest absolute Gasteiger partial charge is 0.327 e. The molecule has 0 bridgehead atoms. The Morgan fingerprint density at radius 2 is 1.71 bits per heavy atom. The van der Waals surface area contributed by atoms with Crippen molar-refractivity contribution in [1.29, 1.82) is 0 Å². The highest BCUT2D eigenvalue weighted by Crippen LogP contribution is 2.16. The van der Waals surface area contributed by atoms with Crippen molar-refractivity contribution < 1.29 is 0 Å². The summed E-state index contributed by atoms with van der Waals surface area (Å²) in [5, 5.41) is 0. The van der Waals surface area contributed by atoms with Gasteiger partial charge in [-0.15, -0.1) is 0 Å². The number of benzene rings is 1. The molecule has 0 saturated heterocycles. The molecule has 1 nitrogen and oxygen atoms in total. The highest BCUT2D eigenvalue weighted by Gasteiger charge is 2.13. The van der Waals surface area contributed by atoms with E-state index in [2.05, 4.69) is 45.9 Å². The van der Waals surface area contributed by atoms with Gasteiger partial charge in [0.2, 0.25) is 0 Å². The summed E-state index contributed by atoms with van der Waals surface area (Å²) in [6.07, 6.45) is 4.82. The Labute approximate surface area is 106 Å². The van der Waals surface area contributed by atoms with Crippen molar-refractivity contribution in [2.75, 3.05) is 0 Å². The number of hydrogen-bond donors (Lipinski definition) is 1. The lowest BCUT2D eigenvalue weighted by atomic mass is 9.91. The van der Waals surface area contributed by atoms with Gasteiger partial charge in [0.1, 0.15) is 0 Å². The molecule has 0 saturated carbocycles. The Balaban J connectivity index is 2.57. The van der Waals surface area contributed by atoms with E-state index in [1.165, 1.54) is 36.0 Å². The molecule has 17 heavy (non-hydrogen) atoms. The third-order valence-electron chi connectivity index (χ3n) is 3.50. The predicted molar refractivity (Wildman–Crippen MR) is 76.3 cm³/mol. The molecule has 0 aromatic heterocycles. The maximum absolute atomic E-state index is 6.29. The summed E-state index contributed by atoms with van der Waals surface area (Å²) in [4.78, 5) is 0. The minimum absolute atomic E-state index is 0.294. The summed E-state index contributed by atoms with van der Waals surface area (Å²) in [5.74, 6) is 0.621. The lowest BCUT2D eigenvalue weighted by Gasteiger charge is -2.20. The molecule has 96 valence electrons. The molecule has 0 fully saturated rings. The van der Waals surface area contributed by atoms with Crippen molar-refractivity contribution in [3.8, 4) is 0 Å². The number of nitrogens with two attached hydrogens (primary N) is 1. The van der Waals surface area contributed by atoms with Crippen molar-refractivity contribution in [1.82, 2.24) is 0 Å². The molecule has 1 heteroatoms. The Morgan fingerprint density at radius 3 is 2.24 bits per heavy atom. The second-order valence-electron chi connectivity index (χ2n) is 5.48. The van der Waals surface area contributed by atoms with Crippen LogP contribution in [0.1, 0.15) is 49.8 Å². The van der Waals surface area contributed by atoms with Gasteiger partial charge in [0.15, 0.2) is 0 Å². The molecule has 2 atom stereocenters. The normalized spacial score (nSPS) is 14.6. The van der Waals surface area contributed by atoms with Crippen molar-refractivity contribution in [3.63, 3.8) is 0 Å². The van der Waals surface area contributed by atoms with Gasteiger partial charge >= 0.3 is 0 Å². The molecular weight excluding hydrogens is 206 g/mol. The van der Waals surface area contributed by atoms with E-state index in [-0.39, 0.29) is 0 Å². The van der Waals surface area contributed by atoms with E-state index >= 15 is 0 Å². The fourth-order valence-corrected chi connectivity index (χ4v) is 2.40. The zero-order valence-corrected chi connectivity index (χ0v) is 11.8. The SMILES string of the molecule is CCCCC(C)C(N)Cc1cc(C)cc(C)c1. The smallest absolute Gasteiger partial charge is 0.0105 e. The Morgan fingerprint density at radius 1 is 1.12 bits per heavy atom. The van der Waals surface area contributed by atoms with E-state index in [0.717, 1.165) is 6.42 Å². The van der Waals surface area contributed by atoms with Crippen LogP contribution in [0.2, 0.25) is 0 Å². The average Bonchev–Trinajstić information content (AvgIpc) is 2.24. The Kier molecular flexibility index (Phi) is 5.70. The average molecular weight is 233 g/mol. The van der Waals surface area contributed by atoms with E-state index in [1.807, 2.05) is 0 Å². The van der Waals surface area contributed by atoms with Gasteiger partial charge < -0.3 is 5.73 Å². The predicted octanol–water partition coefficient (Wildman–Crippen LogP) is 4.00. The second-order valence-corrected chi connectivity index (χ2v) is 5.48. The van der Waals surface area contributed by atoms with E-state index in [1.54, 1.807) is 0 Å². The van der Waals surface area contributed by atoms with Crippen LogP contribution in [0.25, 0.3) is 0 Å². The first-order chi connectivity index (χ1) is 8.02. The monoisotopic (exact) mass is 233 g/mol. The van der Waals surface area contributed by atoms with Gasteiger partial charge in [-0.25, -0.2) is 0 Å². The van der Waals surface area contributed by atoms with Crippen LogP contribution in [0.4, 0.5) is 0 Å². The quantitative estimate of drug-likeness (QED) is 0.789. The molecule has 2 unspecified atom stereocenters. The first-order valence-electron chi connectivity index (χ1n) is 6.85. The van der Waals surface area contributed by atoms with Gasteiger partial charge in [0.05, 0.1) is 0 Å². The molecule has 0 aliphatic carbocycles. The van der Waals surface area contributed by atoms with E-state index in [9.17, 15) is 0 Å². The topological polar surface area (TPSA) is 26.0 Å². The van der Waals surface area contributed by atoms with Crippen molar-refractivity contribution in [3.05, 3.63) is 34.9 Å². The molecule has 0 spiro atoms. The number of unbranched alkanes of at least 4 members (excludes halogenated alkanes) is 1. The lowest BCUT2D eigenvalue weighted by Crippen LogP contribution is -2.30. The molecular formula is C16H27N. The van der Waals surface area contributed by atoms with E-state index in [4.69, 9.17) is 5.73 Å². The first-order valence-corrected chi connectivity index (χ1v) is 6.85. The zero-order valence-electron chi connectivity index (χ0n) is 11.8. The third kappa shape index (κ3) is 4.91. The molecule has 0 amide bonds. The van der Waals surface area contributed by atoms with Crippen molar-refractivity contribution in [2.45, 2.75) is 59.4 Å². The van der Waals surface area contributed by atoms with Crippen LogP contribution in [-0.4, -0.2) is 6.04 Å². The van der Waals surface area contributed by atoms with Gasteiger partial charge in [-0.1, -0.05) is 56.0 Å². The Bertz CT molecular complexity index is 323. The fourth-order valence-electron chi connectivity index (χ4n) is 2.40. The highest BCUT2D eigenvalue weighted by molar-refractivity contribution is 5.29. The van der Waals surface area contributed by atoms with Crippen LogP contribution in [-0.2, 0) is 6.42 Å². The van der Waals surface area contributed by atoms with Crippen molar-refractivity contribution >= 4 is 0 Å². The van der Waals surface area contributed by atoms with Gasteiger partial charge in [-0.2, -0.15) is 0 Å². The number of hydrogen-bond acceptors (Lipinski definition) is 1. The van der Waals surface area contributed by atoms with Crippen molar-refractivity contribution in [2.24, 2.45) is 11.7 Å². The summed E-state index contributed by atoms with van der Waals surface area (Å²) in [5.41, 5.74) is 10.4. The van der Waals surface area contributed by atoms with Crippen LogP contribution < -0.4 is 5.73 Å². The first kappa shape index (κ1) is 14.2. The van der Waals surface area contributed by atoms with Gasteiger partial charge in [-0.3, -0.25) is 0 Å². The summed E-state index contributed by atoms with van der Waals surface area (Å²) < 4.78 is 0. The van der Waals surface area contributed by atoms with Crippen LogP contribution in [0.5, 0.6) is 0 Å². The number of rotatable bonds is 6. The van der Waals surface area contributed by atoms with E-state index in [0.29, 0.717) is 12.0 Å². The standard InChI is InChI=1S/C16H27N/c1-5-6-7-14(4)16(17)11-15-9-12(2)8-13(3)10-15/h8-10,14,16H,5-7,11,17H2,1-4H3. The summed E-state index contributed by atoms with van der Waals surface area (Å²) >= 11 is 0. The van der Waals surface area contributed by atoms with Crippen LogP contribution in [0, 0.1) is 19.8 Å². The molecule has 0 aliphatic rings. The minimum atomic E-state index is 0.294. The van der Waals surface area contributed by atoms with Crippen LogP contribution >= 0.6 is 0 Å². The second kappa shape index (κ2) is 6.80. The third-order valence-corrected chi connectivity index (χ3v) is 3.50. The lowest BCUT2D eigenvalue weighted by molar-refractivity contribution is 0.411. The molecule has 1 rings (SSSR count). The zero-order chi connectivity index (χ0) is 12.8. The number of aryl methyl sites for hydroxylation is 2. The summed E-state index contributed by atoms with van der Waals surface area (Å²) in [6, 6.07) is 7.04. The van der Waals surface area contributed by atoms with E-state index < -0.39 is 0 Å². The summed E-state index contributed by atoms with van der Waals surface area (Å²) in [6.45, 7) is 8.83. The molecule has 0 aliphatic heterocycles. The molecule has 0 radical (unpaired) electrons. The van der Waals surface area contributed by atoms with Gasteiger partial charge in [0, 0.05) is 6.04 Å². The molecule has 1 aromatic rings. The summed E-state index contributed by atoms with van der Waals surface area (Å²) in [7, 11) is 0. The fraction of sp³-hybridized carbons (Fsp3) is 0.625.